The van der Waals surface area contributed by atoms with Gasteiger partial charge in [-0.2, -0.15) is 5.26 Å². The quantitative estimate of drug-likeness (QED) is 0.662. The van der Waals surface area contributed by atoms with Crippen molar-refractivity contribution >= 4 is 35.0 Å². The molecule has 1 aliphatic carbocycles. The number of nitrogen functional groups attached to an aromatic ring is 1. The average molecular weight is 310 g/mol. The van der Waals surface area contributed by atoms with Gasteiger partial charge in [0.2, 0.25) is 5.91 Å². The number of nitrogens with one attached hydrogen (secondary N) is 1. The number of nitrogens with two attached hydrogens (primary N) is 1. The lowest BCUT2D eigenvalue weighted by atomic mass is 10.0. The SMILES string of the molecule is N#CC1(NC(=O)CSc2cc(Cl)ccc2N)CCCC1. The molecule has 1 saturated carbocycles. The lowest BCUT2D eigenvalue weighted by Crippen LogP contribution is -2.45. The number of nitrogens with zero attached hydrogens (tertiary/aromatic N) is 1. The molecule has 1 aromatic carbocycles. The fraction of sp³-hybridized carbons (Fsp3) is 0.429. The molecule has 0 heterocycles. The molecule has 0 aromatic heterocycles. The summed E-state index contributed by atoms with van der Waals surface area (Å²) in [6.45, 7) is 0. The number of thioether (sulfide) groups is 1. The van der Waals surface area contributed by atoms with E-state index >= 15 is 0 Å². The second-order valence-corrected chi connectivity index (χ2v) is 6.37. The molecule has 20 heavy (non-hydrogen) atoms. The zero-order chi connectivity index (χ0) is 14.6. The third kappa shape index (κ3) is 3.59. The van der Waals surface area contributed by atoms with E-state index in [0.29, 0.717) is 10.7 Å². The smallest absolute Gasteiger partial charge is 0.231 e. The number of amides is 1. The Labute approximate surface area is 127 Å². The number of carbonyl (C=O) groups excluding carboxylic acids is 1. The molecule has 0 saturated heterocycles. The predicted octanol–water partition coefficient (Wildman–Crippen LogP) is 2.97. The fourth-order valence-electron chi connectivity index (χ4n) is 2.32. The Morgan fingerprint density at radius 1 is 1.50 bits per heavy atom. The third-order valence-corrected chi connectivity index (χ3v) is 4.69. The molecule has 0 unspecified atom stereocenters. The first-order valence-corrected chi connectivity index (χ1v) is 7.81. The minimum absolute atomic E-state index is 0.141. The zero-order valence-corrected chi connectivity index (χ0v) is 12.6. The van der Waals surface area contributed by atoms with Gasteiger partial charge >= 0.3 is 0 Å². The Morgan fingerprint density at radius 2 is 2.20 bits per heavy atom. The number of halogens is 1. The molecule has 0 bridgehead atoms. The van der Waals surface area contributed by atoms with Gasteiger partial charge in [0.15, 0.2) is 0 Å². The second kappa shape index (κ2) is 6.38. The van der Waals surface area contributed by atoms with Crippen LogP contribution < -0.4 is 11.1 Å². The van der Waals surface area contributed by atoms with E-state index in [1.807, 2.05) is 0 Å². The highest BCUT2D eigenvalue weighted by molar-refractivity contribution is 8.00. The van der Waals surface area contributed by atoms with E-state index in [-0.39, 0.29) is 11.7 Å². The van der Waals surface area contributed by atoms with E-state index in [9.17, 15) is 10.1 Å². The molecule has 1 amide bonds. The summed E-state index contributed by atoms with van der Waals surface area (Å²) in [6.07, 6.45) is 3.45. The molecule has 4 nitrogen and oxygen atoms in total. The van der Waals surface area contributed by atoms with E-state index < -0.39 is 5.54 Å². The van der Waals surface area contributed by atoms with Gasteiger partial charge in [-0.05, 0) is 43.9 Å². The molecule has 6 heteroatoms. The van der Waals surface area contributed by atoms with E-state index in [4.69, 9.17) is 17.3 Å². The second-order valence-electron chi connectivity index (χ2n) is 4.92. The number of rotatable bonds is 4. The number of anilines is 1. The summed E-state index contributed by atoms with van der Waals surface area (Å²) >= 11 is 7.23. The van der Waals surface area contributed by atoms with Gasteiger partial charge < -0.3 is 11.1 Å². The number of hydrogen-bond acceptors (Lipinski definition) is 4. The maximum absolute atomic E-state index is 12.0. The van der Waals surface area contributed by atoms with Crippen LogP contribution in [0.4, 0.5) is 5.69 Å². The van der Waals surface area contributed by atoms with Crippen molar-refractivity contribution in [3.8, 4) is 6.07 Å². The predicted molar refractivity (Wildman–Crippen MR) is 81.5 cm³/mol. The summed E-state index contributed by atoms with van der Waals surface area (Å²) in [5, 5.41) is 12.7. The first kappa shape index (κ1) is 15.0. The summed E-state index contributed by atoms with van der Waals surface area (Å²) in [5.74, 6) is 0.0892. The Morgan fingerprint density at radius 3 is 2.85 bits per heavy atom. The van der Waals surface area contributed by atoms with Crippen LogP contribution >= 0.6 is 23.4 Å². The van der Waals surface area contributed by atoms with Crippen molar-refractivity contribution < 1.29 is 4.79 Å². The summed E-state index contributed by atoms with van der Waals surface area (Å²) in [6, 6.07) is 7.41. The Hall–Kier alpha value is -1.38. The van der Waals surface area contributed by atoms with E-state index in [1.54, 1.807) is 18.2 Å². The van der Waals surface area contributed by atoms with Crippen molar-refractivity contribution in [2.45, 2.75) is 36.1 Å². The van der Waals surface area contributed by atoms with Gasteiger partial charge in [0.25, 0.3) is 0 Å². The van der Waals surface area contributed by atoms with Crippen LogP contribution in [-0.4, -0.2) is 17.2 Å². The monoisotopic (exact) mass is 309 g/mol. The molecular weight excluding hydrogens is 294 g/mol. The highest BCUT2D eigenvalue weighted by Crippen LogP contribution is 2.30. The topological polar surface area (TPSA) is 78.9 Å². The summed E-state index contributed by atoms with van der Waals surface area (Å²) in [4.78, 5) is 12.8. The fourth-order valence-corrected chi connectivity index (χ4v) is 3.36. The van der Waals surface area contributed by atoms with Crippen molar-refractivity contribution in [1.82, 2.24) is 5.32 Å². The lowest BCUT2D eigenvalue weighted by Gasteiger charge is -2.21. The van der Waals surface area contributed by atoms with Gasteiger partial charge in [0, 0.05) is 15.6 Å². The van der Waals surface area contributed by atoms with Crippen LogP contribution in [0.15, 0.2) is 23.1 Å². The largest absolute Gasteiger partial charge is 0.398 e. The average Bonchev–Trinajstić information content (AvgIpc) is 2.89. The van der Waals surface area contributed by atoms with Crippen molar-refractivity contribution in [2.75, 3.05) is 11.5 Å². The lowest BCUT2D eigenvalue weighted by molar-refractivity contribution is -0.119. The number of benzene rings is 1. The number of hydrogen-bond donors (Lipinski definition) is 2. The van der Waals surface area contributed by atoms with Gasteiger partial charge in [-0.25, -0.2) is 0 Å². The summed E-state index contributed by atoms with van der Waals surface area (Å²) in [5.41, 5.74) is 5.76. The van der Waals surface area contributed by atoms with Crippen LogP contribution in [0.1, 0.15) is 25.7 Å². The molecule has 0 atom stereocenters. The van der Waals surface area contributed by atoms with E-state index in [0.717, 1.165) is 30.6 Å². The summed E-state index contributed by atoms with van der Waals surface area (Å²) in [7, 11) is 0. The molecule has 0 radical (unpaired) electrons. The normalized spacial score (nSPS) is 16.6. The highest BCUT2D eigenvalue weighted by atomic mass is 35.5. The molecule has 1 aliphatic rings. The number of nitriles is 1. The highest BCUT2D eigenvalue weighted by Gasteiger charge is 2.35. The minimum Gasteiger partial charge on any atom is -0.398 e. The van der Waals surface area contributed by atoms with Crippen molar-refractivity contribution in [1.29, 1.82) is 5.26 Å². The minimum atomic E-state index is -0.669. The Kier molecular flexibility index (Phi) is 4.79. The van der Waals surface area contributed by atoms with Crippen molar-refractivity contribution in [3.05, 3.63) is 23.2 Å². The van der Waals surface area contributed by atoms with Crippen molar-refractivity contribution in [2.24, 2.45) is 0 Å². The maximum Gasteiger partial charge on any atom is 0.231 e. The molecule has 106 valence electrons. The van der Waals surface area contributed by atoms with Gasteiger partial charge in [-0.15, -0.1) is 11.8 Å². The van der Waals surface area contributed by atoms with Crippen molar-refractivity contribution in [3.63, 3.8) is 0 Å². The zero-order valence-electron chi connectivity index (χ0n) is 11.0. The maximum atomic E-state index is 12.0. The molecule has 3 N–H and O–H groups in total. The van der Waals surface area contributed by atoms with Crippen LogP contribution in [-0.2, 0) is 4.79 Å². The van der Waals surface area contributed by atoms with E-state index in [1.165, 1.54) is 11.8 Å². The van der Waals surface area contributed by atoms with E-state index in [2.05, 4.69) is 11.4 Å². The molecule has 0 spiro atoms. The molecule has 0 aliphatic heterocycles. The van der Waals surface area contributed by atoms with Crippen LogP contribution in [0, 0.1) is 11.3 Å². The van der Waals surface area contributed by atoms with Crippen LogP contribution in [0.25, 0.3) is 0 Å². The third-order valence-electron chi connectivity index (χ3n) is 3.38. The first-order chi connectivity index (χ1) is 9.54. The van der Waals surface area contributed by atoms with Gasteiger partial charge in [-0.3, -0.25) is 4.79 Å². The van der Waals surface area contributed by atoms with Gasteiger partial charge in [0.05, 0.1) is 11.8 Å². The van der Waals surface area contributed by atoms with Crippen LogP contribution in [0.5, 0.6) is 0 Å². The number of carbonyl (C=O) groups is 1. The molecular formula is C14H16ClN3OS. The van der Waals surface area contributed by atoms with Gasteiger partial charge in [-0.1, -0.05) is 11.6 Å². The van der Waals surface area contributed by atoms with Gasteiger partial charge in [0.1, 0.15) is 5.54 Å². The first-order valence-electron chi connectivity index (χ1n) is 6.45. The molecule has 1 fully saturated rings. The Balaban J connectivity index is 1.92. The molecule has 2 rings (SSSR count). The molecule has 1 aromatic rings. The van der Waals surface area contributed by atoms with Crippen LogP contribution in [0.2, 0.25) is 5.02 Å². The summed E-state index contributed by atoms with van der Waals surface area (Å²) < 4.78 is 0. The Bertz CT molecular complexity index is 550. The standard InChI is InChI=1S/C14H16ClN3OS/c15-10-3-4-11(17)12(7-10)20-8-13(19)18-14(9-16)5-1-2-6-14/h3-4,7H,1-2,5-6,8,17H2,(H,18,19). The van der Waals surface area contributed by atoms with Crippen LogP contribution in [0.3, 0.4) is 0 Å².